The number of aromatic nitrogens is 3. The summed E-state index contributed by atoms with van der Waals surface area (Å²) in [5.41, 5.74) is 2.16. The number of hydrogen-bond acceptors (Lipinski definition) is 5. The molecule has 1 N–H and O–H groups in total. The van der Waals surface area contributed by atoms with E-state index in [0.717, 1.165) is 16.5 Å². The van der Waals surface area contributed by atoms with Gasteiger partial charge in [-0.2, -0.15) is 5.10 Å². The maximum Gasteiger partial charge on any atom is 0.248 e. The molecular formula is C22H18N4O3S. The van der Waals surface area contributed by atoms with Crippen LogP contribution in [0.15, 0.2) is 89.1 Å². The van der Waals surface area contributed by atoms with Crippen LogP contribution in [0.2, 0.25) is 0 Å². The predicted octanol–water partition coefficient (Wildman–Crippen LogP) is 3.45. The summed E-state index contributed by atoms with van der Waals surface area (Å²) < 4.78 is 27.6. The van der Waals surface area contributed by atoms with Gasteiger partial charge < -0.3 is 5.32 Å². The van der Waals surface area contributed by atoms with Gasteiger partial charge in [-0.3, -0.25) is 14.5 Å². The predicted molar refractivity (Wildman–Crippen MR) is 115 cm³/mol. The van der Waals surface area contributed by atoms with Gasteiger partial charge >= 0.3 is 0 Å². The van der Waals surface area contributed by atoms with Crippen LogP contribution in [-0.4, -0.2) is 29.1 Å². The van der Waals surface area contributed by atoms with E-state index in [2.05, 4.69) is 15.4 Å². The highest BCUT2D eigenvalue weighted by molar-refractivity contribution is 7.91. The van der Waals surface area contributed by atoms with Crippen molar-refractivity contribution in [1.29, 1.82) is 0 Å². The maximum atomic E-state index is 12.9. The molecule has 2 heterocycles. The first-order chi connectivity index (χ1) is 14.4. The van der Waals surface area contributed by atoms with Gasteiger partial charge in [-0.1, -0.05) is 6.07 Å². The minimum absolute atomic E-state index is 0.148. The minimum atomic E-state index is -3.68. The van der Waals surface area contributed by atoms with Crippen molar-refractivity contribution in [1.82, 2.24) is 14.8 Å². The Labute approximate surface area is 173 Å². The van der Waals surface area contributed by atoms with E-state index in [-0.39, 0.29) is 15.7 Å². The molecule has 0 saturated carbocycles. The Morgan fingerprint density at radius 1 is 1.03 bits per heavy atom. The average Bonchev–Trinajstić information content (AvgIpc) is 3.14. The van der Waals surface area contributed by atoms with Crippen molar-refractivity contribution in [2.24, 2.45) is 7.05 Å². The second-order valence-corrected chi connectivity index (χ2v) is 8.58. The highest BCUT2D eigenvalue weighted by Crippen LogP contribution is 2.25. The smallest absolute Gasteiger partial charge is 0.248 e. The fraction of sp³-hybridized carbons (Fsp3) is 0.0455. The zero-order valence-electron chi connectivity index (χ0n) is 16.1. The molecule has 0 aliphatic rings. The molecule has 0 saturated heterocycles. The molecule has 0 bridgehead atoms. The number of nitrogens with one attached hydrogen (secondary N) is 1. The van der Waals surface area contributed by atoms with E-state index in [1.807, 2.05) is 6.07 Å². The normalized spacial score (nSPS) is 11.8. The Kier molecular flexibility index (Phi) is 5.16. The summed E-state index contributed by atoms with van der Waals surface area (Å²) >= 11 is 0. The number of hydrogen-bond donors (Lipinski definition) is 1. The molecule has 30 heavy (non-hydrogen) atoms. The monoisotopic (exact) mass is 418 g/mol. The summed E-state index contributed by atoms with van der Waals surface area (Å²) in [5, 5.41) is 7.60. The molecule has 150 valence electrons. The molecular weight excluding hydrogens is 400 g/mol. The average molecular weight is 418 g/mol. The number of fused-ring (bicyclic) bond motifs is 1. The van der Waals surface area contributed by atoms with Crippen LogP contribution in [0.4, 0.5) is 5.69 Å². The van der Waals surface area contributed by atoms with Crippen LogP contribution >= 0.6 is 0 Å². The van der Waals surface area contributed by atoms with Gasteiger partial charge in [-0.25, -0.2) is 8.42 Å². The number of anilines is 1. The van der Waals surface area contributed by atoms with E-state index >= 15 is 0 Å². The van der Waals surface area contributed by atoms with Gasteiger partial charge in [0, 0.05) is 36.6 Å². The van der Waals surface area contributed by atoms with E-state index in [9.17, 15) is 13.2 Å². The number of pyridine rings is 1. The van der Waals surface area contributed by atoms with Crippen LogP contribution < -0.4 is 5.32 Å². The number of sulfone groups is 1. The van der Waals surface area contributed by atoms with Crippen molar-refractivity contribution in [3.05, 3.63) is 84.8 Å². The summed E-state index contributed by atoms with van der Waals surface area (Å²) in [6.07, 6.45) is 7.97. The van der Waals surface area contributed by atoms with Crippen LogP contribution in [0.5, 0.6) is 0 Å². The van der Waals surface area contributed by atoms with E-state index in [1.54, 1.807) is 72.8 Å². The summed E-state index contributed by atoms with van der Waals surface area (Å²) in [7, 11) is -1.88. The summed E-state index contributed by atoms with van der Waals surface area (Å²) in [6, 6.07) is 14.6. The molecule has 4 aromatic rings. The number of aryl methyl sites for hydroxylation is 1. The van der Waals surface area contributed by atoms with Crippen molar-refractivity contribution in [3.63, 3.8) is 0 Å². The standard InChI is InChI=1S/C22H18N4O3S/c1-26-21-10-9-20(13-17(21)15-24-26)30(28,29)19-7-5-18(6-8-19)25-22(27)11-4-16-3-2-12-23-14-16/h2-15H,1H3,(H,25,27)/b11-4+. The van der Waals surface area contributed by atoms with Gasteiger partial charge in [-0.05, 0) is 60.2 Å². The van der Waals surface area contributed by atoms with Crippen molar-refractivity contribution >= 4 is 38.4 Å². The summed E-state index contributed by atoms with van der Waals surface area (Å²) in [6.45, 7) is 0. The molecule has 0 fully saturated rings. The molecule has 1 amide bonds. The van der Waals surface area contributed by atoms with Crippen molar-refractivity contribution in [3.8, 4) is 0 Å². The van der Waals surface area contributed by atoms with Gasteiger partial charge in [0.15, 0.2) is 0 Å². The number of carbonyl (C=O) groups is 1. The Balaban J connectivity index is 1.50. The first-order valence-corrected chi connectivity index (χ1v) is 10.6. The van der Waals surface area contributed by atoms with E-state index in [0.29, 0.717) is 5.69 Å². The van der Waals surface area contributed by atoms with Gasteiger partial charge in [0.2, 0.25) is 15.7 Å². The molecule has 0 unspecified atom stereocenters. The quantitative estimate of drug-likeness (QED) is 0.501. The van der Waals surface area contributed by atoms with Crippen LogP contribution in [0, 0.1) is 0 Å². The Morgan fingerprint density at radius 2 is 1.80 bits per heavy atom. The topological polar surface area (TPSA) is 94.0 Å². The third kappa shape index (κ3) is 3.99. The zero-order valence-corrected chi connectivity index (χ0v) is 16.9. The maximum absolute atomic E-state index is 12.9. The van der Waals surface area contributed by atoms with Crippen LogP contribution in [0.1, 0.15) is 5.56 Å². The second-order valence-electron chi connectivity index (χ2n) is 6.63. The lowest BCUT2D eigenvalue weighted by molar-refractivity contribution is -0.111. The lowest BCUT2D eigenvalue weighted by Crippen LogP contribution is -2.08. The number of benzene rings is 2. The van der Waals surface area contributed by atoms with E-state index < -0.39 is 9.84 Å². The molecule has 0 aliphatic carbocycles. The number of rotatable bonds is 5. The SMILES string of the molecule is Cn1ncc2cc(S(=O)(=O)c3ccc(NC(=O)/C=C/c4cccnc4)cc3)ccc21. The number of amides is 1. The number of carbonyl (C=O) groups excluding carboxylic acids is 1. The molecule has 8 heteroatoms. The minimum Gasteiger partial charge on any atom is -0.323 e. The highest BCUT2D eigenvalue weighted by Gasteiger charge is 2.18. The fourth-order valence-corrected chi connectivity index (χ4v) is 4.29. The Morgan fingerprint density at radius 3 is 2.53 bits per heavy atom. The van der Waals surface area contributed by atoms with Gasteiger partial charge in [-0.15, -0.1) is 0 Å². The van der Waals surface area contributed by atoms with Crippen LogP contribution in [0.3, 0.4) is 0 Å². The van der Waals surface area contributed by atoms with E-state index in [1.165, 1.54) is 18.2 Å². The zero-order chi connectivity index (χ0) is 21.1. The van der Waals surface area contributed by atoms with Crippen LogP contribution in [0.25, 0.3) is 17.0 Å². The second kappa shape index (κ2) is 7.92. The molecule has 0 radical (unpaired) electrons. The molecule has 4 rings (SSSR count). The number of nitrogens with zero attached hydrogens (tertiary/aromatic N) is 3. The summed E-state index contributed by atoms with van der Waals surface area (Å²) in [5.74, 6) is -0.323. The summed E-state index contributed by atoms with van der Waals surface area (Å²) in [4.78, 5) is 16.4. The van der Waals surface area contributed by atoms with Crippen molar-refractivity contribution in [2.75, 3.05) is 5.32 Å². The fourth-order valence-electron chi connectivity index (χ4n) is 2.99. The van der Waals surface area contributed by atoms with Crippen molar-refractivity contribution in [2.45, 2.75) is 9.79 Å². The third-order valence-corrected chi connectivity index (χ3v) is 6.34. The first-order valence-electron chi connectivity index (χ1n) is 9.09. The van der Waals surface area contributed by atoms with Crippen LogP contribution in [-0.2, 0) is 21.7 Å². The highest BCUT2D eigenvalue weighted by atomic mass is 32.2. The Hall–Kier alpha value is -3.78. The van der Waals surface area contributed by atoms with E-state index in [4.69, 9.17) is 0 Å². The van der Waals surface area contributed by atoms with Crippen molar-refractivity contribution < 1.29 is 13.2 Å². The van der Waals surface area contributed by atoms with Gasteiger partial charge in [0.25, 0.3) is 0 Å². The molecule has 7 nitrogen and oxygen atoms in total. The Bertz CT molecular complexity index is 1340. The molecule has 2 aromatic carbocycles. The van der Waals surface area contributed by atoms with Gasteiger partial charge in [0.05, 0.1) is 21.5 Å². The molecule has 0 aliphatic heterocycles. The largest absolute Gasteiger partial charge is 0.323 e. The molecule has 2 aromatic heterocycles. The first kappa shape index (κ1) is 19.5. The lowest BCUT2D eigenvalue weighted by Gasteiger charge is -2.07. The third-order valence-electron chi connectivity index (χ3n) is 4.57. The van der Waals surface area contributed by atoms with Gasteiger partial charge in [0.1, 0.15) is 0 Å². The molecule has 0 spiro atoms. The lowest BCUT2D eigenvalue weighted by atomic mass is 10.2. The molecule has 0 atom stereocenters.